The van der Waals surface area contributed by atoms with Gasteiger partial charge in [0.2, 0.25) is 11.8 Å². The molecule has 2 rings (SSSR count). The van der Waals surface area contributed by atoms with Crippen molar-refractivity contribution >= 4 is 17.7 Å². The molecule has 0 spiro atoms. The van der Waals surface area contributed by atoms with E-state index in [1.807, 2.05) is 0 Å². The van der Waals surface area contributed by atoms with Gasteiger partial charge in [-0.25, -0.2) is 19.4 Å². The number of alkyl halides is 5. The highest BCUT2D eigenvalue weighted by Gasteiger charge is 2.40. The van der Waals surface area contributed by atoms with E-state index in [0.717, 1.165) is 26.6 Å². The van der Waals surface area contributed by atoms with Gasteiger partial charge in [0.05, 0.1) is 19.1 Å². The van der Waals surface area contributed by atoms with Crippen molar-refractivity contribution in [3.8, 4) is 5.88 Å². The van der Waals surface area contributed by atoms with Crippen LogP contribution >= 0.6 is 0 Å². The van der Waals surface area contributed by atoms with Gasteiger partial charge in [0, 0.05) is 19.4 Å². The number of aryl methyl sites for hydroxylation is 1. The van der Waals surface area contributed by atoms with E-state index in [-0.39, 0.29) is 5.82 Å². The van der Waals surface area contributed by atoms with Crippen LogP contribution < -0.4 is 10.1 Å². The Morgan fingerprint density at radius 1 is 1.25 bits per heavy atom. The number of nitrogens with zero attached hydrogens (tertiary/aromatic N) is 4. The second-order valence-electron chi connectivity index (χ2n) is 5.10. The standard InChI is InChI=1S/C14H12F5N5O4/c1-24-11(28-13(15)16)6(9(23-24)14(17,18)19)5-7(25)22-10-8(12(26)27-2)20-3-4-21-10/h3-4,13H,5H2,1-2H3,(H,21,22,25). The summed E-state index contributed by atoms with van der Waals surface area (Å²) >= 11 is 0. The number of anilines is 1. The molecule has 2 aromatic heterocycles. The molecule has 0 fully saturated rings. The summed E-state index contributed by atoms with van der Waals surface area (Å²) in [4.78, 5) is 31.1. The fourth-order valence-corrected chi connectivity index (χ4v) is 2.18. The largest absolute Gasteiger partial charge is 0.464 e. The predicted octanol–water partition coefficient (Wildman–Crippen LogP) is 1.80. The number of methoxy groups -OCH3 is 1. The van der Waals surface area contributed by atoms with Crippen molar-refractivity contribution in [2.75, 3.05) is 12.4 Å². The van der Waals surface area contributed by atoms with E-state index in [9.17, 15) is 31.5 Å². The van der Waals surface area contributed by atoms with Gasteiger partial charge in [-0.05, 0) is 0 Å². The van der Waals surface area contributed by atoms with Crippen LogP contribution in [-0.2, 0) is 29.2 Å². The van der Waals surface area contributed by atoms with E-state index in [0.29, 0.717) is 4.68 Å². The average molecular weight is 409 g/mol. The second-order valence-corrected chi connectivity index (χ2v) is 5.10. The molecule has 0 saturated heterocycles. The molecule has 0 aliphatic carbocycles. The molecule has 14 heteroatoms. The van der Waals surface area contributed by atoms with Gasteiger partial charge >= 0.3 is 18.8 Å². The number of nitrogens with one attached hydrogen (secondary N) is 1. The fourth-order valence-electron chi connectivity index (χ4n) is 2.18. The van der Waals surface area contributed by atoms with Gasteiger partial charge < -0.3 is 14.8 Å². The first kappa shape index (κ1) is 21.0. The summed E-state index contributed by atoms with van der Waals surface area (Å²) in [5.41, 5.74) is -2.87. The van der Waals surface area contributed by atoms with Crippen molar-refractivity contribution < 1.29 is 41.0 Å². The van der Waals surface area contributed by atoms with E-state index in [1.165, 1.54) is 0 Å². The van der Waals surface area contributed by atoms with Crippen LogP contribution in [0.5, 0.6) is 5.88 Å². The van der Waals surface area contributed by atoms with E-state index < -0.39 is 53.9 Å². The lowest BCUT2D eigenvalue weighted by molar-refractivity contribution is -0.142. The molecule has 28 heavy (non-hydrogen) atoms. The molecular formula is C14H12F5N5O4. The maximum Gasteiger partial charge on any atom is 0.435 e. The molecule has 0 unspecified atom stereocenters. The Hall–Kier alpha value is -3.32. The summed E-state index contributed by atoms with van der Waals surface area (Å²) in [6, 6.07) is 0. The average Bonchev–Trinajstić information content (AvgIpc) is 2.90. The number of halogens is 5. The molecule has 0 radical (unpaired) electrons. The normalized spacial score (nSPS) is 11.4. The smallest absolute Gasteiger partial charge is 0.435 e. The number of carbonyl (C=O) groups excluding carboxylic acids is 2. The molecule has 1 amide bonds. The minimum absolute atomic E-state index is 0.381. The zero-order valence-electron chi connectivity index (χ0n) is 14.3. The summed E-state index contributed by atoms with van der Waals surface area (Å²) < 4.78 is 73.4. The third-order valence-corrected chi connectivity index (χ3v) is 3.23. The molecule has 1 N–H and O–H groups in total. The van der Waals surface area contributed by atoms with Crippen LogP contribution in [0.4, 0.5) is 27.8 Å². The van der Waals surface area contributed by atoms with Crippen LogP contribution in [0.25, 0.3) is 0 Å². The lowest BCUT2D eigenvalue weighted by Gasteiger charge is -2.11. The Morgan fingerprint density at radius 2 is 1.89 bits per heavy atom. The molecule has 0 aromatic carbocycles. The first-order chi connectivity index (χ1) is 13.0. The first-order valence-electron chi connectivity index (χ1n) is 7.31. The predicted molar refractivity (Wildman–Crippen MR) is 80.5 cm³/mol. The molecule has 9 nitrogen and oxygen atoms in total. The van der Waals surface area contributed by atoms with Crippen LogP contribution in [0.15, 0.2) is 12.4 Å². The minimum atomic E-state index is -5.03. The van der Waals surface area contributed by atoms with Crippen molar-refractivity contribution in [2.24, 2.45) is 7.05 Å². The second kappa shape index (κ2) is 8.14. The van der Waals surface area contributed by atoms with Crippen molar-refractivity contribution in [1.29, 1.82) is 0 Å². The molecule has 0 aliphatic rings. The van der Waals surface area contributed by atoms with Gasteiger partial charge in [0.1, 0.15) is 0 Å². The zero-order chi connectivity index (χ0) is 21.1. The van der Waals surface area contributed by atoms with Crippen molar-refractivity contribution in [3.05, 3.63) is 29.3 Å². The third-order valence-electron chi connectivity index (χ3n) is 3.23. The number of rotatable bonds is 6. The molecule has 0 atom stereocenters. The Balaban J connectivity index is 2.35. The summed E-state index contributed by atoms with van der Waals surface area (Å²) in [7, 11) is 1.99. The topological polar surface area (TPSA) is 108 Å². The number of esters is 1. The van der Waals surface area contributed by atoms with E-state index in [1.54, 1.807) is 0 Å². The van der Waals surface area contributed by atoms with Gasteiger partial charge in [-0.3, -0.25) is 4.79 Å². The molecule has 2 heterocycles. The van der Waals surface area contributed by atoms with Crippen molar-refractivity contribution in [3.63, 3.8) is 0 Å². The SMILES string of the molecule is COC(=O)c1nccnc1NC(=O)Cc1c(C(F)(F)F)nn(C)c1OC(F)F. The van der Waals surface area contributed by atoms with E-state index in [2.05, 4.69) is 29.9 Å². The fraction of sp³-hybridized carbons (Fsp3) is 0.357. The number of amides is 1. The molecule has 0 bridgehead atoms. The zero-order valence-corrected chi connectivity index (χ0v) is 14.3. The van der Waals surface area contributed by atoms with Crippen LogP contribution in [0, 0.1) is 0 Å². The summed E-state index contributed by atoms with van der Waals surface area (Å²) in [6.45, 7) is -3.44. The first-order valence-corrected chi connectivity index (χ1v) is 7.31. The Morgan fingerprint density at radius 3 is 2.46 bits per heavy atom. The highest BCUT2D eigenvalue weighted by Crippen LogP contribution is 2.36. The van der Waals surface area contributed by atoms with Gasteiger partial charge in [-0.2, -0.15) is 27.1 Å². The molecule has 0 saturated carbocycles. The van der Waals surface area contributed by atoms with Crippen molar-refractivity contribution in [1.82, 2.24) is 19.7 Å². The summed E-state index contributed by atoms with van der Waals surface area (Å²) in [5.74, 6) is -3.37. The number of carbonyl (C=O) groups is 2. The van der Waals surface area contributed by atoms with Gasteiger partial charge in [-0.15, -0.1) is 0 Å². The number of ether oxygens (including phenoxy) is 2. The van der Waals surface area contributed by atoms with Crippen LogP contribution in [0.1, 0.15) is 21.7 Å². The Labute approximate surface area is 153 Å². The van der Waals surface area contributed by atoms with Gasteiger partial charge in [-0.1, -0.05) is 0 Å². The molecule has 152 valence electrons. The molecule has 2 aromatic rings. The number of hydrogen-bond acceptors (Lipinski definition) is 7. The third kappa shape index (κ3) is 4.69. The Kier molecular flexibility index (Phi) is 6.10. The molecular weight excluding hydrogens is 397 g/mol. The van der Waals surface area contributed by atoms with Gasteiger partial charge in [0.25, 0.3) is 0 Å². The summed E-state index contributed by atoms with van der Waals surface area (Å²) in [5, 5.41) is 5.19. The van der Waals surface area contributed by atoms with Crippen LogP contribution in [0.3, 0.4) is 0 Å². The maximum absolute atomic E-state index is 13.1. The highest BCUT2D eigenvalue weighted by molar-refractivity contribution is 5.99. The lowest BCUT2D eigenvalue weighted by Crippen LogP contribution is -2.21. The lowest BCUT2D eigenvalue weighted by atomic mass is 10.1. The highest BCUT2D eigenvalue weighted by atomic mass is 19.4. The molecule has 0 aliphatic heterocycles. The van der Waals surface area contributed by atoms with E-state index in [4.69, 9.17) is 0 Å². The van der Waals surface area contributed by atoms with Crippen LogP contribution in [-0.4, -0.2) is 45.3 Å². The number of aromatic nitrogens is 4. The minimum Gasteiger partial charge on any atom is -0.464 e. The quantitative estimate of drug-likeness (QED) is 0.573. The van der Waals surface area contributed by atoms with E-state index >= 15 is 0 Å². The maximum atomic E-state index is 13.1. The van der Waals surface area contributed by atoms with Crippen LogP contribution in [0.2, 0.25) is 0 Å². The van der Waals surface area contributed by atoms with Crippen molar-refractivity contribution in [2.45, 2.75) is 19.2 Å². The van der Waals surface area contributed by atoms with Gasteiger partial charge in [0.15, 0.2) is 17.2 Å². The monoisotopic (exact) mass is 409 g/mol. The summed E-state index contributed by atoms with van der Waals surface area (Å²) in [6.07, 6.45) is -3.83. The Bertz CT molecular complexity index is 883. The number of hydrogen-bond donors (Lipinski definition) is 1.